The van der Waals surface area contributed by atoms with Crippen molar-refractivity contribution in [2.75, 3.05) is 12.0 Å². The zero-order chi connectivity index (χ0) is 8.65. The highest BCUT2D eigenvalue weighted by Crippen LogP contribution is 2.24. The minimum atomic E-state index is -3.14. The van der Waals surface area contributed by atoms with Crippen molar-refractivity contribution in [1.29, 1.82) is 0 Å². The largest absolute Gasteiger partial charge is 0.375 e. The molecule has 0 unspecified atom stereocenters. The van der Waals surface area contributed by atoms with Gasteiger partial charge in [0.25, 0.3) is 0 Å². The number of thiazole rings is 1. The standard InChI is InChI=1S/C5H8N2O2S2/c1-3-4(11(2,8)9)10-5(6)7-3/h1-2H3,(H2,6,7). The van der Waals surface area contributed by atoms with Crippen LogP contribution in [0.5, 0.6) is 0 Å². The summed E-state index contributed by atoms with van der Waals surface area (Å²) in [5, 5.41) is 0.294. The molecule has 0 spiro atoms. The molecule has 0 saturated heterocycles. The summed E-state index contributed by atoms with van der Waals surface area (Å²) in [6.07, 6.45) is 1.15. The highest BCUT2D eigenvalue weighted by Gasteiger charge is 2.15. The number of sulfone groups is 1. The second-order valence-corrected chi connectivity index (χ2v) is 5.44. The number of hydrogen-bond donors (Lipinski definition) is 1. The van der Waals surface area contributed by atoms with Crippen LogP contribution in [0.25, 0.3) is 0 Å². The van der Waals surface area contributed by atoms with Crippen LogP contribution in [-0.2, 0) is 9.84 Å². The Bertz CT molecular complexity index is 366. The fraction of sp³-hybridized carbons (Fsp3) is 0.400. The zero-order valence-electron chi connectivity index (χ0n) is 6.16. The predicted octanol–water partition coefficient (Wildman–Crippen LogP) is 0.437. The maximum atomic E-state index is 11.0. The Hall–Kier alpha value is -0.620. The summed E-state index contributed by atoms with van der Waals surface area (Å²) >= 11 is 1.000. The summed E-state index contributed by atoms with van der Waals surface area (Å²) in [4.78, 5) is 3.79. The summed E-state index contributed by atoms with van der Waals surface area (Å²) in [6.45, 7) is 1.63. The summed E-state index contributed by atoms with van der Waals surface area (Å²) in [5.74, 6) is 0. The van der Waals surface area contributed by atoms with Crippen LogP contribution in [0.2, 0.25) is 0 Å². The molecule has 2 N–H and O–H groups in total. The van der Waals surface area contributed by atoms with Crippen molar-refractivity contribution in [2.45, 2.75) is 11.1 Å². The lowest BCUT2D eigenvalue weighted by molar-refractivity contribution is 0.603. The molecule has 1 aromatic heterocycles. The Morgan fingerprint density at radius 3 is 2.27 bits per heavy atom. The second kappa shape index (κ2) is 2.46. The molecule has 11 heavy (non-hydrogen) atoms. The van der Waals surface area contributed by atoms with Crippen LogP contribution in [0.3, 0.4) is 0 Å². The van der Waals surface area contributed by atoms with Crippen molar-refractivity contribution in [3.8, 4) is 0 Å². The monoisotopic (exact) mass is 192 g/mol. The van der Waals surface area contributed by atoms with Crippen molar-refractivity contribution in [3.63, 3.8) is 0 Å². The highest BCUT2D eigenvalue weighted by molar-refractivity contribution is 7.92. The van der Waals surface area contributed by atoms with Gasteiger partial charge >= 0.3 is 0 Å². The Labute approximate surface area is 69.0 Å². The third-order valence-corrected chi connectivity index (χ3v) is 4.02. The van der Waals surface area contributed by atoms with Crippen molar-refractivity contribution in [3.05, 3.63) is 5.69 Å². The lowest BCUT2D eigenvalue weighted by Gasteiger charge is -1.90. The predicted molar refractivity (Wildman–Crippen MR) is 44.4 cm³/mol. The van der Waals surface area contributed by atoms with Crippen molar-refractivity contribution >= 4 is 26.3 Å². The molecule has 0 aliphatic heterocycles. The van der Waals surface area contributed by atoms with E-state index in [0.717, 1.165) is 17.6 Å². The zero-order valence-corrected chi connectivity index (χ0v) is 7.79. The van der Waals surface area contributed by atoms with Crippen LogP contribution < -0.4 is 5.73 Å². The molecule has 1 rings (SSSR count). The van der Waals surface area contributed by atoms with E-state index in [0.29, 0.717) is 10.8 Å². The molecule has 0 aromatic carbocycles. The van der Waals surface area contributed by atoms with E-state index in [-0.39, 0.29) is 4.21 Å². The third kappa shape index (κ3) is 1.69. The molecule has 0 aliphatic carbocycles. The van der Waals surface area contributed by atoms with E-state index in [1.807, 2.05) is 0 Å². The van der Waals surface area contributed by atoms with Gasteiger partial charge < -0.3 is 5.73 Å². The molecule has 6 heteroatoms. The number of aromatic nitrogens is 1. The summed E-state index contributed by atoms with van der Waals surface area (Å²) in [5.41, 5.74) is 5.80. The third-order valence-electron chi connectivity index (χ3n) is 1.11. The molecule has 0 fully saturated rings. The van der Waals surface area contributed by atoms with Gasteiger partial charge in [0.2, 0.25) is 0 Å². The quantitative estimate of drug-likeness (QED) is 0.700. The van der Waals surface area contributed by atoms with Crippen LogP contribution in [0.4, 0.5) is 5.13 Å². The Balaban J connectivity index is 3.36. The Morgan fingerprint density at radius 1 is 1.55 bits per heavy atom. The van der Waals surface area contributed by atoms with Gasteiger partial charge in [-0.15, -0.1) is 0 Å². The normalized spacial score (nSPS) is 11.8. The lowest BCUT2D eigenvalue weighted by Crippen LogP contribution is -1.95. The number of hydrogen-bond acceptors (Lipinski definition) is 5. The molecular formula is C5H8N2O2S2. The maximum Gasteiger partial charge on any atom is 0.186 e. The fourth-order valence-electron chi connectivity index (χ4n) is 0.747. The molecule has 62 valence electrons. The van der Waals surface area contributed by atoms with Gasteiger partial charge in [0, 0.05) is 6.26 Å². The first-order valence-electron chi connectivity index (χ1n) is 2.84. The van der Waals surface area contributed by atoms with Gasteiger partial charge in [-0.1, -0.05) is 11.3 Å². The van der Waals surface area contributed by atoms with Crippen LogP contribution in [0.15, 0.2) is 4.21 Å². The molecule has 0 amide bonds. The van der Waals surface area contributed by atoms with E-state index in [2.05, 4.69) is 4.98 Å². The van der Waals surface area contributed by atoms with Crippen LogP contribution >= 0.6 is 11.3 Å². The summed E-state index contributed by atoms with van der Waals surface area (Å²) in [7, 11) is -3.14. The van der Waals surface area contributed by atoms with E-state index in [1.54, 1.807) is 6.92 Å². The number of nitrogen functional groups attached to an aromatic ring is 1. The van der Waals surface area contributed by atoms with Gasteiger partial charge in [0.1, 0.15) is 4.21 Å². The molecular weight excluding hydrogens is 184 g/mol. The molecule has 0 aliphatic rings. The Kier molecular flexibility index (Phi) is 1.89. The number of aryl methyl sites for hydroxylation is 1. The van der Waals surface area contributed by atoms with E-state index < -0.39 is 9.84 Å². The van der Waals surface area contributed by atoms with Gasteiger partial charge in [-0.3, -0.25) is 0 Å². The first-order valence-corrected chi connectivity index (χ1v) is 5.55. The molecule has 4 nitrogen and oxygen atoms in total. The topological polar surface area (TPSA) is 73.0 Å². The minimum Gasteiger partial charge on any atom is -0.375 e. The highest BCUT2D eigenvalue weighted by atomic mass is 32.2. The molecule has 0 radical (unpaired) electrons. The van der Waals surface area contributed by atoms with E-state index >= 15 is 0 Å². The van der Waals surface area contributed by atoms with E-state index in [1.165, 1.54) is 0 Å². The van der Waals surface area contributed by atoms with Gasteiger partial charge in [-0.05, 0) is 6.92 Å². The van der Waals surface area contributed by atoms with Crippen molar-refractivity contribution < 1.29 is 8.42 Å². The van der Waals surface area contributed by atoms with Gasteiger partial charge in [0.15, 0.2) is 15.0 Å². The average molecular weight is 192 g/mol. The lowest BCUT2D eigenvalue weighted by atomic mass is 10.6. The van der Waals surface area contributed by atoms with Gasteiger partial charge in [0.05, 0.1) is 5.69 Å². The number of rotatable bonds is 1. The smallest absolute Gasteiger partial charge is 0.186 e. The van der Waals surface area contributed by atoms with Gasteiger partial charge in [-0.25, -0.2) is 13.4 Å². The molecule has 1 aromatic rings. The molecule has 0 saturated carbocycles. The molecule has 0 atom stereocenters. The second-order valence-electron chi connectivity index (χ2n) is 2.20. The van der Waals surface area contributed by atoms with Crippen LogP contribution in [0.1, 0.15) is 5.69 Å². The van der Waals surface area contributed by atoms with Crippen LogP contribution in [-0.4, -0.2) is 19.7 Å². The van der Waals surface area contributed by atoms with E-state index in [9.17, 15) is 8.42 Å². The maximum absolute atomic E-state index is 11.0. The minimum absolute atomic E-state index is 0.259. The van der Waals surface area contributed by atoms with Gasteiger partial charge in [-0.2, -0.15) is 0 Å². The first kappa shape index (κ1) is 8.48. The number of nitrogens with two attached hydrogens (primary N) is 1. The number of nitrogens with zero attached hydrogens (tertiary/aromatic N) is 1. The Morgan fingerprint density at radius 2 is 2.09 bits per heavy atom. The van der Waals surface area contributed by atoms with E-state index in [4.69, 9.17) is 5.73 Å². The molecule has 0 bridgehead atoms. The summed E-state index contributed by atoms with van der Waals surface area (Å²) in [6, 6.07) is 0. The average Bonchev–Trinajstić information content (AvgIpc) is 2.08. The fourth-order valence-corrected chi connectivity index (χ4v) is 2.76. The van der Waals surface area contributed by atoms with Crippen molar-refractivity contribution in [1.82, 2.24) is 4.98 Å². The molecule has 1 heterocycles. The first-order chi connectivity index (χ1) is 4.91. The number of anilines is 1. The van der Waals surface area contributed by atoms with Crippen LogP contribution in [0, 0.1) is 6.92 Å². The SMILES string of the molecule is Cc1nc(N)sc1S(C)(=O)=O. The van der Waals surface area contributed by atoms with Crippen molar-refractivity contribution in [2.24, 2.45) is 0 Å². The summed E-state index contributed by atoms with van der Waals surface area (Å²) < 4.78 is 22.2.